The smallest absolute Gasteiger partial charge is 0.265 e. The third kappa shape index (κ3) is 2.24. The predicted octanol–water partition coefficient (Wildman–Crippen LogP) is 2.12. The van der Waals surface area contributed by atoms with E-state index in [1.165, 1.54) is 11.3 Å². The number of rotatable bonds is 2. The molecular weight excluding hydrogens is 272 g/mol. The van der Waals surface area contributed by atoms with Gasteiger partial charge in [-0.05, 0) is 20.3 Å². The van der Waals surface area contributed by atoms with E-state index in [0.717, 1.165) is 41.6 Å². The minimum Gasteiger partial charge on any atom is -0.337 e. The van der Waals surface area contributed by atoms with Crippen molar-refractivity contribution in [3.63, 3.8) is 0 Å². The lowest BCUT2D eigenvalue weighted by Crippen LogP contribution is -2.28. The lowest BCUT2D eigenvalue weighted by atomic mass is 10.1. The van der Waals surface area contributed by atoms with Crippen LogP contribution in [0.2, 0.25) is 0 Å². The Bertz CT molecular complexity index is 645. The molecule has 0 N–H and O–H groups in total. The molecule has 3 heterocycles. The fraction of sp³-hybridized carbons (Fsp3) is 0.500. The van der Waals surface area contributed by atoms with Gasteiger partial charge < -0.3 is 9.47 Å². The molecule has 1 aliphatic heterocycles. The molecule has 106 valence electrons. The number of carbonyl (C=O) groups is 1. The highest BCUT2D eigenvalue weighted by molar-refractivity contribution is 7.11. The van der Waals surface area contributed by atoms with Crippen LogP contribution in [-0.2, 0) is 7.05 Å². The van der Waals surface area contributed by atoms with Crippen molar-refractivity contribution in [1.29, 1.82) is 0 Å². The molecule has 1 aliphatic rings. The van der Waals surface area contributed by atoms with Gasteiger partial charge >= 0.3 is 0 Å². The first-order valence-electron chi connectivity index (χ1n) is 6.75. The summed E-state index contributed by atoms with van der Waals surface area (Å²) in [6.45, 7) is 5.44. The zero-order valence-corrected chi connectivity index (χ0v) is 12.8. The summed E-state index contributed by atoms with van der Waals surface area (Å²) in [7, 11) is 2.02. The Hall–Kier alpha value is -1.69. The van der Waals surface area contributed by atoms with Gasteiger partial charge in [0, 0.05) is 32.3 Å². The maximum Gasteiger partial charge on any atom is 0.265 e. The molecule has 6 heteroatoms. The van der Waals surface area contributed by atoms with E-state index in [4.69, 9.17) is 0 Å². The molecule has 0 saturated carbocycles. The zero-order valence-electron chi connectivity index (χ0n) is 12.0. The molecule has 0 spiro atoms. The van der Waals surface area contributed by atoms with Crippen LogP contribution < -0.4 is 0 Å². The Morgan fingerprint density at radius 3 is 2.85 bits per heavy atom. The Morgan fingerprint density at radius 2 is 2.25 bits per heavy atom. The second kappa shape index (κ2) is 5.01. The van der Waals surface area contributed by atoms with Crippen molar-refractivity contribution in [2.24, 2.45) is 7.05 Å². The van der Waals surface area contributed by atoms with E-state index in [1.54, 1.807) is 5.51 Å². The number of carbonyl (C=O) groups excluding carboxylic acids is 1. The van der Waals surface area contributed by atoms with Crippen LogP contribution in [0.3, 0.4) is 0 Å². The first-order chi connectivity index (χ1) is 9.56. The van der Waals surface area contributed by atoms with E-state index >= 15 is 0 Å². The molecule has 0 radical (unpaired) electrons. The quantitative estimate of drug-likeness (QED) is 0.851. The number of amides is 1. The maximum atomic E-state index is 12.5. The average Bonchev–Trinajstić information content (AvgIpc) is 3.08. The van der Waals surface area contributed by atoms with E-state index in [0.29, 0.717) is 5.92 Å². The molecule has 1 amide bonds. The van der Waals surface area contributed by atoms with Crippen LogP contribution in [0.25, 0.3) is 0 Å². The molecule has 0 aromatic carbocycles. The molecule has 1 fully saturated rings. The van der Waals surface area contributed by atoms with Crippen molar-refractivity contribution >= 4 is 17.2 Å². The van der Waals surface area contributed by atoms with Crippen LogP contribution in [0.5, 0.6) is 0 Å². The SMILES string of the molecule is Cc1cn(C)c([C@@H]2CCN(C(=O)c3scnc3C)C2)n1. The summed E-state index contributed by atoms with van der Waals surface area (Å²) in [6.07, 6.45) is 3.01. The van der Waals surface area contributed by atoms with Crippen molar-refractivity contribution in [2.45, 2.75) is 26.2 Å². The summed E-state index contributed by atoms with van der Waals surface area (Å²) in [4.78, 5) is 23.9. The van der Waals surface area contributed by atoms with Gasteiger partial charge in [0.25, 0.3) is 5.91 Å². The Morgan fingerprint density at radius 1 is 1.45 bits per heavy atom. The van der Waals surface area contributed by atoms with Gasteiger partial charge in [-0.15, -0.1) is 11.3 Å². The number of likely N-dealkylation sites (tertiary alicyclic amines) is 1. The second-order valence-electron chi connectivity index (χ2n) is 5.36. The number of nitrogens with zero attached hydrogens (tertiary/aromatic N) is 4. The van der Waals surface area contributed by atoms with Crippen LogP contribution >= 0.6 is 11.3 Å². The number of hydrogen-bond donors (Lipinski definition) is 0. The summed E-state index contributed by atoms with van der Waals surface area (Å²) in [5.41, 5.74) is 3.60. The largest absolute Gasteiger partial charge is 0.337 e. The number of hydrogen-bond acceptors (Lipinski definition) is 4. The zero-order chi connectivity index (χ0) is 14.3. The molecule has 1 atom stereocenters. The fourth-order valence-corrected chi connectivity index (χ4v) is 3.59. The van der Waals surface area contributed by atoms with E-state index < -0.39 is 0 Å². The first kappa shape index (κ1) is 13.3. The van der Waals surface area contributed by atoms with Crippen LogP contribution in [0.1, 0.15) is 39.2 Å². The lowest BCUT2D eigenvalue weighted by molar-refractivity contribution is 0.0794. The minimum atomic E-state index is 0.110. The standard InChI is InChI=1S/C14H18N4OS/c1-9-6-17(3)13(16-9)11-4-5-18(7-11)14(19)12-10(2)15-8-20-12/h6,8,11H,4-5,7H2,1-3H3/t11-/m1/s1. The fourth-order valence-electron chi connectivity index (χ4n) is 2.82. The number of aromatic nitrogens is 3. The van der Waals surface area contributed by atoms with Crippen molar-refractivity contribution in [3.05, 3.63) is 33.8 Å². The molecule has 2 aromatic heterocycles. The molecule has 0 aliphatic carbocycles. The monoisotopic (exact) mass is 290 g/mol. The van der Waals surface area contributed by atoms with Gasteiger partial charge in [-0.25, -0.2) is 9.97 Å². The highest BCUT2D eigenvalue weighted by Crippen LogP contribution is 2.28. The summed E-state index contributed by atoms with van der Waals surface area (Å²) >= 11 is 1.43. The number of aryl methyl sites for hydroxylation is 3. The second-order valence-corrected chi connectivity index (χ2v) is 6.21. The summed E-state index contributed by atoms with van der Waals surface area (Å²) in [5, 5.41) is 0. The van der Waals surface area contributed by atoms with Crippen molar-refractivity contribution in [3.8, 4) is 0 Å². The summed E-state index contributed by atoms with van der Waals surface area (Å²) in [6, 6.07) is 0. The molecule has 5 nitrogen and oxygen atoms in total. The van der Waals surface area contributed by atoms with E-state index in [1.807, 2.05) is 32.0 Å². The Labute approximate surface area is 122 Å². The molecule has 3 rings (SSSR count). The van der Waals surface area contributed by atoms with Crippen LogP contribution in [0, 0.1) is 13.8 Å². The molecule has 0 unspecified atom stereocenters. The van der Waals surface area contributed by atoms with Gasteiger partial charge in [-0.1, -0.05) is 0 Å². The van der Waals surface area contributed by atoms with Crippen molar-refractivity contribution in [1.82, 2.24) is 19.4 Å². The van der Waals surface area contributed by atoms with Crippen molar-refractivity contribution in [2.75, 3.05) is 13.1 Å². The minimum absolute atomic E-state index is 0.110. The van der Waals surface area contributed by atoms with Gasteiger partial charge in [-0.3, -0.25) is 4.79 Å². The van der Waals surface area contributed by atoms with Crippen LogP contribution in [-0.4, -0.2) is 38.4 Å². The Kier molecular flexibility index (Phi) is 3.33. The number of imidazole rings is 1. The molecule has 2 aromatic rings. The van der Waals surface area contributed by atoms with Gasteiger partial charge in [0.15, 0.2) is 0 Å². The predicted molar refractivity (Wildman–Crippen MR) is 78.1 cm³/mol. The summed E-state index contributed by atoms with van der Waals surface area (Å²) in [5.74, 6) is 1.53. The Balaban J connectivity index is 1.76. The molecule has 0 bridgehead atoms. The van der Waals surface area contributed by atoms with Gasteiger partial charge in [0.2, 0.25) is 0 Å². The van der Waals surface area contributed by atoms with E-state index in [9.17, 15) is 4.79 Å². The van der Waals surface area contributed by atoms with Crippen molar-refractivity contribution < 1.29 is 4.79 Å². The highest BCUT2D eigenvalue weighted by atomic mass is 32.1. The summed E-state index contributed by atoms with van der Waals surface area (Å²) < 4.78 is 2.08. The highest BCUT2D eigenvalue weighted by Gasteiger charge is 2.31. The average molecular weight is 290 g/mol. The lowest BCUT2D eigenvalue weighted by Gasteiger charge is -2.15. The van der Waals surface area contributed by atoms with E-state index in [2.05, 4.69) is 14.5 Å². The topological polar surface area (TPSA) is 51.0 Å². The third-order valence-corrected chi connectivity index (χ3v) is 4.73. The normalized spacial score (nSPS) is 18.8. The van der Waals surface area contributed by atoms with Gasteiger partial charge in [0.1, 0.15) is 10.7 Å². The third-order valence-electron chi connectivity index (χ3n) is 3.81. The number of thiazole rings is 1. The molecule has 20 heavy (non-hydrogen) atoms. The van der Waals surface area contributed by atoms with Crippen LogP contribution in [0.4, 0.5) is 0 Å². The molecule has 1 saturated heterocycles. The molecular formula is C14H18N4OS. The van der Waals surface area contributed by atoms with Crippen LogP contribution in [0.15, 0.2) is 11.7 Å². The first-order valence-corrected chi connectivity index (χ1v) is 7.63. The maximum absolute atomic E-state index is 12.5. The van der Waals surface area contributed by atoms with E-state index in [-0.39, 0.29) is 5.91 Å². The van der Waals surface area contributed by atoms with Gasteiger partial charge in [0.05, 0.1) is 16.9 Å². The van der Waals surface area contributed by atoms with Gasteiger partial charge in [-0.2, -0.15) is 0 Å².